The molecule has 1 N–H and O–H groups in total. The maximum atomic E-state index is 11.2. The van der Waals surface area contributed by atoms with E-state index >= 15 is 0 Å². The van der Waals surface area contributed by atoms with Crippen LogP contribution in [0.15, 0.2) is 0 Å². The molecule has 0 saturated heterocycles. The molecule has 1 aromatic rings. The van der Waals surface area contributed by atoms with Crippen molar-refractivity contribution in [3.05, 3.63) is 5.82 Å². The average molecular weight is 443 g/mol. The molecule has 32 heavy (non-hydrogen) atoms. The Morgan fingerprint density at radius 3 is 2.53 bits per heavy atom. The zero-order valence-corrected chi connectivity index (χ0v) is 21.2. The van der Waals surface area contributed by atoms with E-state index < -0.39 is 0 Å². The van der Waals surface area contributed by atoms with Crippen LogP contribution in [0.2, 0.25) is 0 Å². The Morgan fingerprint density at radius 1 is 1.03 bits per heavy atom. The number of aromatic nitrogens is 4. The smallest absolute Gasteiger partial charge is 0.148 e. The maximum Gasteiger partial charge on any atom is 0.148 e. The van der Waals surface area contributed by atoms with Crippen molar-refractivity contribution in [1.29, 1.82) is 0 Å². The van der Waals surface area contributed by atoms with Crippen molar-refractivity contribution < 1.29 is 5.11 Å². The molecule has 0 amide bonds. The van der Waals surface area contributed by atoms with E-state index in [9.17, 15) is 5.11 Å². The molecular formula is C27H46N4O. The van der Waals surface area contributed by atoms with Crippen molar-refractivity contribution in [2.24, 2.45) is 46.3 Å². The van der Waals surface area contributed by atoms with Crippen LogP contribution in [0.5, 0.6) is 0 Å². The number of hydrogen-bond acceptors (Lipinski definition) is 4. The SMILES string of the molecule is CCC[C@@]1(O)CC[C@@]2(C)[C@H](CC[C@@H]3[C@@H]2CC[C@]2(C)[C@@H]([C@@H](C)Cn4nnnc4C)CC[C@@H]32)C1. The van der Waals surface area contributed by atoms with E-state index in [1.54, 1.807) is 0 Å². The van der Waals surface area contributed by atoms with Crippen LogP contribution in [0.4, 0.5) is 0 Å². The first-order valence-corrected chi connectivity index (χ1v) is 13.7. The predicted molar refractivity (Wildman–Crippen MR) is 127 cm³/mol. The van der Waals surface area contributed by atoms with E-state index in [-0.39, 0.29) is 5.60 Å². The van der Waals surface area contributed by atoms with Crippen LogP contribution < -0.4 is 0 Å². The topological polar surface area (TPSA) is 63.8 Å². The first kappa shape index (κ1) is 22.8. The van der Waals surface area contributed by atoms with Crippen LogP contribution in [0.1, 0.15) is 104 Å². The molecule has 5 rings (SSSR count). The number of fused-ring (bicyclic) bond motifs is 5. The maximum absolute atomic E-state index is 11.2. The normalized spacial score (nSPS) is 46.9. The molecule has 0 spiro atoms. The van der Waals surface area contributed by atoms with Crippen LogP contribution in [-0.4, -0.2) is 30.9 Å². The van der Waals surface area contributed by atoms with Gasteiger partial charge in [0.15, 0.2) is 0 Å². The fraction of sp³-hybridized carbons (Fsp3) is 0.963. The average Bonchev–Trinajstić information content (AvgIpc) is 3.31. The molecule has 9 atom stereocenters. The summed E-state index contributed by atoms with van der Waals surface area (Å²) in [7, 11) is 0. The van der Waals surface area contributed by atoms with Gasteiger partial charge in [-0.15, -0.1) is 5.10 Å². The monoisotopic (exact) mass is 442 g/mol. The summed E-state index contributed by atoms with van der Waals surface area (Å²) in [4.78, 5) is 0. The van der Waals surface area contributed by atoms with Gasteiger partial charge in [0.1, 0.15) is 5.82 Å². The Hall–Kier alpha value is -0.970. The fourth-order valence-electron chi connectivity index (χ4n) is 9.81. The highest BCUT2D eigenvalue weighted by atomic mass is 16.3. The minimum absolute atomic E-state index is 0.378. The Kier molecular flexibility index (Phi) is 5.74. The van der Waals surface area contributed by atoms with Crippen molar-refractivity contribution in [3.8, 4) is 0 Å². The number of aliphatic hydroxyl groups is 1. The number of hydrogen-bond donors (Lipinski definition) is 1. The van der Waals surface area contributed by atoms with E-state index in [2.05, 4.69) is 43.2 Å². The molecule has 4 aliphatic rings. The van der Waals surface area contributed by atoms with Crippen LogP contribution >= 0.6 is 0 Å². The Labute approximate surface area is 195 Å². The van der Waals surface area contributed by atoms with Gasteiger partial charge >= 0.3 is 0 Å². The molecule has 1 heterocycles. The molecule has 4 saturated carbocycles. The summed E-state index contributed by atoms with van der Waals surface area (Å²) in [5, 5.41) is 23.4. The predicted octanol–water partition coefficient (Wildman–Crippen LogP) is 5.81. The molecule has 1 aromatic heterocycles. The van der Waals surface area contributed by atoms with Crippen molar-refractivity contribution in [2.75, 3.05) is 0 Å². The fourth-order valence-corrected chi connectivity index (χ4v) is 9.81. The highest BCUT2D eigenvalue weighted by Gasteiger charge is 2.61. The molecule has 0 aromatic carbocycles. The molecule has 0 bridgehead atoms. The van der Waals surface area contributed by atoms with Gasteiger partial charge in [-0.05, 0) is 128 Å². The van der Waals surface area contributed by atoms with E-state index in [0.717, 1.165) is 67.6 Å². The second kappa shape index (κ2) is 8.06. The summed E-state index contributed by atoms with van der Waals surface area (Å²) < 4.78 is 2.01. The third-order valence-corrected chi connectivity index (χ3v) is 11.5. The van der Waals surface area contributed by atoms with Gasteiger partial charge in [0.25, 0.3) is 0 Å². The highest BCUT2D eigenvalue weighted by molar-refractivity contribution is 5.11. The van der Waals surface area contributed by atoms with Gasteiger partial charge in [0.2, 0.25) is 0 Å². The van der Waals surface area contributed by atoms with Crippen molar-refractivity contribution in [3.63, 3.8) is 0 Å². The highest BCUT2D eigenvalue weighted by Crippen LogP contribution is 2.68. The zero-order valence-electron chi connectivity index (χ0n) is 21.2. The van der Waals surface area contributed by atoms with Gasteiger partial charge in [-0.1, -0.05) is 34.1 Å². The molecule has 5 nitrogen and oxygen atoms in total. The minimum atomic E-state index is -0.378. The summed E-state index contributed by atoms with van der Waals surface area (Å²) in [6.45, 7) is 12.9. The first-order chi connectivity index (χ1) is 15.2. The third-order valence-electron chi connectivity index (χ3n) is 11.5. The van der Waals surface area contributed by atoms with Gasteiger partial charge in [-0.25, -0.2) is 4.68 Å². The van der Waals surface area contributed by atoms with E-state index in [1.807, 2.05) is 11.6 Å². The van der Waals surface area contributed by atoms with E-state index in [1.165, 1.54) is 44.9 Å². The molecular weight excluding hydrogens is 396 g/mol. The summed E-state index contributed by atoms with van der Waals surface area (Å²) >= 11 is 0. The van der Waals surface area contributed by atoms with Gasteiger partial charge in [0.05, 0.1) is 5.60 Å². The molecule has 5 heteroatoms. The second-order valence-corrected chi connectivity index (χ2v) is 12.9. The molecule has 4 aliphatic carbocycles. The van der Waals surface area contributed by atoms with Gasteiger partial charge in [-0.3, -0.25) is 0 Å². The third kappa shape index (κ3) is 3.47. The number of aryl methyl sites for hydroxylation is 1. The van der Waals surface area contributed by atoms with Crippen molar-refractivity contribution >= 4 is 0 Å². The summed E-state index contributed by atoms with van der Waals surface area (Å²) in [6.07, 6.45) is 13.8. The zero-order chi connectivity index (χ0) is 22.7. The van der Waals surface area contributed by atoms with Crippen molar-refractivity contribution in [2.45, 2.75) is 117 Å². The summed E-state index contributed by atoms with van der Waals surface area (Å²) in [5.74, 6) is 5.74. The second-order valence-electron chi connectivity index (χ2n) is 12.9. The number of tetrazole rings is 1. The molecule has 0 unspecified atom stereocenters. The van der Waals surface area contributed by atoms with Crippen LogP contribution in [0, 0.1) is 53.3 Å². The van der Waals surface area contributed by atoms with Crippen molar-refractivity contribution in [1.82, 2.24) is 20.2 Å². The Bertz CT molecular complexity index is 824. The lowest BCUT2D eigenvalue weighted by atomic mass is 9.43. The Morgan fingerprint density at radius 2 is 1.81 bits per heavy atom. The number of nitrogens with zero attached hydrogens (tertiary/aromatic N) is 4. The lowest BCUT2D eigenvalue weighted by Crippen LogP contribution is -2.56. The van der Waals surface area contributed by atoms with Gasteiger partial charge in [0, 0.05) is 6.54 Å². The summed E-state index contributed by atoms with van der Waals surface area (Å²) in [5.41, 5.74) is 0.553. The molecule has 4 fully saturated rings. The summed E-state index contributed by atoms with van der Waals surface area (Å²) in [6, 6.07) is 0. The van der Waals surface area contributed by atoms with Crippen LogP contribution in [0.3, 0.4) is 0 Å². The van der Waals surface area contributed by atoms with Gasteiger partial charge in [-0.2, -0.15) is 0 Å². The van der Waals surface area contributed by atoms with Crippen LogP contribution in [0.25, 0.3) is 0 Å². The Balaban J connectivity index is 1.32. The number of rotatable bonds is 5. The lowest BCUT2D eigenvalue weighted by molar-refractivity contribution is -0.153. The molecule has 180 valence electrons. The van der Waals surface area contributed by atoms with E-state index in [0.29, 0.717) is 16.7 Å². The quantitative estimate of drug-likeness (QED) is 0.625. The van der Waals surface area contributed by atoms with Crippen LogP contribution in [-0.2, 0) is 6.54 Å². The van der Waals surface area contributed by atoms with Gasteiger partial charge < -0.3 is 5.11 Å². The van der Waals surface area contributed by atoms with E-state index in [4.69, 9.17) is 0 Å². The largest absolute Gasteiger partial charge is 0.390 e. The minimum Gasteiger partial charge on any atom is -0.390 e. The first-order valence-electron chi connectivity index (χ1n) is 13.7. The molecule has 0 radical (unpaired) electrons. The standard InChI is InChI=1S/C27H46N4O/c1-6-12-27(32)15-14-25(4)20(16-27)7-8-21-23-10-9-22(26(23,5)13-11-24(21)25)18(2)17-31-19(3)28-29-30-31/h18,20-24,32H,6-17H2,1-5H3/t18-,20+,21-,22+,23-,24-,25-,26+,27+/m0/s1. The lowest BCUT2D eigenvalue weighted by Gasteiger charge is -2.62. The molecule has 0 aliphatic heterocycles.